The maximum absolute atomic E-state index is 6.35. The number of hydrogen-bond acceptors (Lipinski definition) is 3. The van der Waals surface area contributed by atoms with Gasteiger partial charge in [-0.15, -0.1) is 0 Å². The second-order valence-corrected chi connectivity index (χ2v) is 5.64. The quantitative estimate of drug-likeness (QED) is 0.911. The Hall–Kier alpha value is -2.00. The molecule has 0 aromatic heterocycles. The fraction of sp³-hybridized carbons (Fsp3) is 0.333. The van der Waals surface area contributed by atoms with Crippen LogP contribution in [0.5, 0.6) is 11.5 Å². The van der Waals surface area contributed by atoms with Gasteiger partial charge in [0.2, 0.25) is 0 Å². The van der Waals surface area contributed by atoms with E-state index in [1.165, 1.54) is 16.7 Å². The van der Waals surface area contributed by atoms with Gasteiger partial charge in [0.15, 0.2) is 0 Å². The van der Waals surface area contributed by atoms with Crippen LogP contribution in [0.25, 0.3) is 0 Å². The van der Waals surface area contributed by atoms with Gasteiger partial charge in [0.05, 0.1) is 7.11 Å². The standard InChI is InChI=1S/C18H21NO2/c1-11-5-4-6-14(12(11)2)18-10-16(19)15-9-13(20-3)7-8-17(15)21-18/h4-9,16,18H,10,19H2,1-3H3/t16-,18?/m0/s1. The van der Waals surface area contributed by atoms with Crippen LogP contribution in [0.4, 0.5) is 0 Å². The molecule has 0 amide bonds. The molecule has 21 heavy (non-hydrogen) atoms. The Bertz CT molecular complexity index is 666. The summed E-state index contributed by atoms with van der Waals surface area (Å²) in [6.45, 7) is 4.27. The van der Waals surface area contributed by atoms with Crippen molar-refractivity contribution in [3.8, 4) is 11.5 Å². The molecule has 0 aliphatic carbocycles. The summed E-state index contributed by atoms with van der Waals surface area (Å²) in [5.41, 5.74) is 11.2. The van der Waals surface area contributed by atoms with Gasteiger partial charge in [-0.3, -0.25) is 0 Å². The van der Waals surface area contributed by atoms with Gasteiger partial charge in [0.1, 0.15) is 17.6 Å². The molecular weight excluding hydrogens is 262 g/mol. The van der Waals surface area contributed by atoms with E-state index in [1.807, 2.05) is 18.2 Å². The van der Waals surface area contributed by atoms with E-state index < -0.39 is 0 Å². The zero-order chi connectivity index (χ0) is 15.0. The summed E-state index contributed by atoms with van der Waals surface area (Å²) in [6, 6.07) is 12.1. The molecule has 1 aliphatic heterocycles. The molecule has 2 N–H and O–H groups in total. The molecule has 110 valence electrons. The molecule has 0 saturated carbocycles. The highest BCUT2D eigenvalue weighted by molar-refractivity contribution is 5.45. The molecule has 2 aromatic rings. The van der Waals surface area contributed by atoms with Crippen LogP contribution in [0.3, 0.4) is 0 Å². The Kier molecular flexibility index (Phi) is 3.60. The summed E-state index contributed by atoms with van der Waals surface area (Å²) < 4.78 is 11.5. The van der Waals surface area contributed by atoms with Crippen molar-refractivity contribution in [2.45, 2.75) is 32.4 Å². The smallest absolute Gasteiger partial charge is 0.126 e. The van der Waals surface area contributed by atoms with Crippen LogP contribution >= 0.6 is 0 Å². The zero-order valence-electron chi connectivity index (χ0n) is 12.7. The number of rotatable bonds is 2. The van der Waals surface area contributed by atoms with Gasteiger partial charge < -0.3 is 15.2 Å². The number of benzene rings is 2. The van der Waals surface area contributed by atoms with E-state index in [2.05, 4.69) is 32.0 Å². The number of hydrogen-bond donors (Lipinski definition) is 1. The lowest BCUT2D eigenvalue weighted by Gasteiger charge is -2.31. The SMILES string of the molecule is COc1ccc2c(c1)[C@@H](N)CC(c1cccc(C)c1C)O2. The maximum atomic E-state index is 6.35. The Labute approximate surface area is 125 Å². The monoisotopic (exact) mass is 283 g/mol. The molecule has 0 bridgehead atoms. The van der Waals surface area contributed by atoms with Crippen molar-refractivity contribution in [1.82, 2.24) is 0 Å². The highest BCUT2D eigenvalue weighted by Crippen LogP contribution is 2.42. The lowest BCUT2D eigenvalue weighted by atomic mass is 9.90. The highest BCUT2D eigenvalue weighted by Gasteiger charge is 2.28. The average Bonchev–Trinajstić information content (AvgIpc) is 2.49. The molecule has 3 nitrogen and oxygen atoms in total. The van der Waals surface area contributed by atoms with Crippen molar-refractivity contribution < 1.29 is 9.47 Å². The molecule has 0 spiro atoms. The van der Waals surface area contributed by atoms with Gasteiger partial charge in [-0.25, -0.2) is 0 Å². The van der Waals surface area contributed by atoms with Crippen LogP contribution in [-0.2, 0) is 0 Å². The fourth-order valence-corrected chi connectivity index (χ4v) is 2.92. The van der Waals surface area contributed by atoms with Crippen molar-refractivity contribution in [1.29, 1.82) is 0 Å². The van der Waals surface area contributed by atoms with E-state index in [0.717, 1.165) is 23.5 Å². The van der Waals surface area contributed by atoms with Gasteiger partial charge in [0.25, 0.3) is 0 Å². The number of aryl methyl sites for hydroxylation is 1. The molecular formula is C18H21NO2. The summed E-state index contributed by atoms with van der Waals surface area (Å²) in [5, 5.41) is 0. The van der Waals surface area contributed by atoms with E-state index in [9.17, 15) is 0 Å². The molecule has 1 heterocycles. The van der Waals surface area contributed by atoms with E-state index >= 15 is 0 Å². The van der Waals surface area contributed by atoms with Crippen molar-refractivity contribution >= 4 is 0 Å². The predicted molar refractivity (Wildman–Crippen MR) is 83.8 cm³/mol. The predicted octanol–water partition coefficient (Wildman–Crippen LogP) is 3.84. The third kappa shape index (κ3) is 2.49. The van der Waals surface area contributed by atoms with Gasteiger partial charge in [-0.1, -0.05) is 18.2 Å². The van der Waals surface area contributed by atoms with E-state index in [1.54, 1.807) is 7.11 Å². The lowest BCUT2D eigenvalue weighted by Crippen LogP contribution is -2.24. The first-order valence-corrected chi connectivity index (χ1v) is 7.26. The number of nitrogens with two attached hydrogens (primary N) is 1. The van der Waals surface area contributed by atoms with Crippen LogP contribution < -0.4 is 15.2 Å². The van der Waals surface area contributed by atoms with Crippen molar-refractivity contribution in [2.24, 2.45) is 5.73 Å². The van der Waals surface area contributed by atoms with Crippen molar-refractivity contribution in [2.75, 3.05) is 7.11 Å². The zero-order valence-corrected chi connectivity index (χ0v) is 12.7. The van der Waals surface area contributed by atoms with Crippen LogP contribution in [0, 0.1) is 13.8 Å². The highest BCUT2D eigenvalue weighted by atomic mass is 16.5. The third-order valence-corrected chi connectivity index (χ3v) is 4.35. The summed E-state index contributed by atoms with van der Waals surface area (Å²) in [7, 11) is 1.66. The molecule has 3 heteroatoms. The first kappa shape index (κ1) is 14.0. The topological polar surface area (TPSA) is 44.5 Å². The van der Waals surface area contributed by atoms with Crippen LogP contribution in [-0.4, -0.2) is 7.11 Å². The summed E-state index contributed by atoms with van der Waals surface area (Å²) in [6.07, 6.45) is 0.797. The molecule has 3 rings (SSSR count). The second-order valence-electron chi connectivity index (χ2n) is 5.64. The van der Waals surface area contributed by atoms with E-state index in [4.69, 9.17) is 15.2 Å². The summed E-state index contributed by atoms with van der Waals surface area (Å²) in [5.74, 6) is 1.68. The summed E-state index contributed by atoms with van der Waals surface area (Å²) >= 11 is 0. The Morgan fingerprint density at radius 3 is 2.71 bits per heavy atom. The van der Waals surface area contributed by atoms with Crippen LogP contribution in [0.2, 0.25) is 0 Å². The Balaban J connectivity index is 1.97. The normalized spacial score (nSPS) is 20.6. The summed E-state index contributed by atoms with van der Waals surface area (Å²) in [4.78, 5) is 0. The van der Waals surface area contributed by atoms with E-state index in [-0.39, 0.29) is 12.1 Å². The Morgan fingerprint density at radius 2 is 1.95 bits per heavy atom. The van der Waals surface area contributed by atoms with Gasteiger partial charge in [-0.2, -0.15) is 0 Å². The maximum Gasteiger partial charge on any atom is 0.126 e. The number of methoxy groups -OCH3 is 1. The van der Waals surface area contributed by atoms with Gasteiger partial charge >= 0.3 is 0 Å². The number of ether oxygens (including phenoxy) is 2. The molecule has 0 fully saturated rings. The minimum atomic E-state index is -0.0336. The molecule has 1 unspecified atom stereocenters. The van der Waals surface area contributed by atoms with Crippen molar-refractivity contribution in [3.05, 3.63) is 58.7 Å². The van der Waals surface area contributed by atoms with Gasteiger partial charge in [0, 0.05) is 18.0 Å². The largest absolute Gasteiger partial charge is 0.497 e. The van der Waals surface area contributed by atoms with Crippen molar-refractivity contribution in [3.63, 3.8) is 0 Å². The minimum absolute atomic E-state index is 0.0146. The molecule has 2 aromatic carbocycles. The minimum Gasteiger partial charge on any atom is -0.497 e. The van der Waals surface area contributed by atoms with Gasteiger partial charge in [-0.05, 0) is 48.7 Å². The first-order chi connectivity index (χ1) is 10.1. The fourth-order valence-electron chi connectivity index (χ4n) is 2.92. The van der Waals surface area contributed by atoms with Crippen LogP contribution in [0.1, 0.15) is 40.8 Å². The Morgan fingerprint density at radius 1 is 1.14 bits per heavy atom. The van der Waals surface area contributed by atoms with E-state index in [0.29, 0.717) is 0 Å². The first-order valence-electron chi connectivity index (χ1n) is 7.26. The number of fused-ring (bicyclic) bond motifs is 1. The molecule has 0 radical (unpaired) electrons. The molecule has 0 saturated heterocycles. The molecule has 2 atom stereocenters. The third-order valence-electron chi connectivity index (χ3n) is 4.35. The average molecular weight is 283 g/mol. The van der Waals surface area contributed by atoms with Crippen LogP contribution in [0.15, 0.2) is 36.4 Å². The lowest BCUT2D eigenvalue weighted by molar-refractivity contribution is 0.160. The molecule has 1 aliphatic rings. The second kappa shape index (κ2) is 5.41.